The summed E-state index contributed by atoms with van der Waals surface area (Å²) in [6, 6.07) is 16.8. The predicted molar refractivity (Wildman–Crippen MR) is 143 cm³/mol. The van der Waals surface area contributed by atoms with Crippen LogP contribution in [0.5, 0.6) is 5.75 Å². The molecule has 1 fully saturated rings. The van der Waals surface area contributed by atoms with Gasteiger partial charge in [-0.3, -0.25) is 9.69 Å². The number of hydrogen-bond donors (Lipinski definition) is 1. The maximum Gasteiger partial charge on any atom is 0.341 e. The number of rotatable bonds is 6. The molecule has 0 bridgehead atoms. The van der Waals surface area contributed by atoms with Crippen molar-refractivity contribution in [2.24, 2.45) is 4.99 Å². The zero-order chi connectivity index (χ0) is 25.1. The summed E-state index contributed by atoms with van der Waals surface area (Å²) >= 11 is 25.7. The summed E-state index contributed by atoms with van der Waals surface area (Å²) in [5.41, 5.74) is 1.75. The van der Waals surface area contributed by atoms with Crippen molar-refractivity contribution in [2.75, 3.05) is 11.5 Å². The molecule has 1 aliphatic rings. The van der Waals surface area contributed by atoms with Crippen molar-refractivity contribution in [1.29, 1.82) is 0 Å². The highest BCUT2D eigenvalue weighted by atomic mass is 35.5. The number of ether oxygens (including phenoxy) is 1. The monoisotopic (exact) mass is 566 g/mol. The van der Waals surface area contributed by atoms with E-state index >= 15 is 0 Å². The molecule has 3 aromatic rings. The number of thioether (sulfide) groups is 1. The first-order valence-corrected chi connectivity index (χ1v) is 12.2. The van der Waals surface area contributed by atoms with E-state index in [0.29, 0.717) is 37.1 Å². The lowest BCUT2D eigenvalue weighted by atomic mass is 10.2. The first kappa shape index (κ1) is 25.4. The third-order valence-corrected chi connectivity index (χ3v) is 6.64. The molecule has 0 aromatic heterocycles. The van der Waals surface area contributed by atoms with Gasteiger partial charge in [0.05, 0.1) is 26.3 Å². The van der Waals surface area contributed by atoms with E-state index in [4.69, 9.17) is 56.2 Å². The maximum absolute atomic E-state index is 13.4. The fraction of sp³-hybridized carbons (Fsp3) is 0.0417. The van der Waals surface area contributed by atoms with Crippen molar-refractivity contribution >= 4 is 92.7 Å². The number of hydrogen-bond acceptors (Lipinski definition) is 5. The molecule has 1 N–H and O–H groups in total. The molecule has 35 heavy (non-hydrogen) atoms. The van der Waals surface area contributed by atoms with Gasteiger partial charge < -0.3 is 9.84 Å². The summed E-state index contributed by atoms with van der Waals surface area (Å²) in [6.07, 6.45) is 1.62. The minimum absolute atomic E-state index is 0.0519. The first-order chi connectivity index (χ1) is 16.7. The smallest absolute Gasteiger partial charge is 0.341 e. The lowest BCUT2D eigenvalue weighted by Crippen LogP contribution is -2.28. The van der Waals surface area contributed by atoms with Crippen LogP contribution in [0.25, 0.3) is 6.08 Å². The third-order valence-electron chi connectivity index (χ3n) is 4.60. The van der Waals surface area contributed by atoms with E-state index in [1.54, 1.807) is 54.6 Å². The van der Waals surface area contributed by atoms with Crippen LogP contribution in [0.15, 0.2) is 70.6 Å². The summed E-state index contributed by atoms with van der Waals surface area (Å²) in [7, 11) is 0. The highest BCUT2D eigenvalue weighted by Gasteiger charge is 2.35. The van der Waals surface area contributed by atoms with Gasteiger partial charge in [0, 0.05) is 10.0 Å². The summed E-state index contributed by atoms with van der Waals surface area (Å²) in [6.45, 7) is -0.589. The van der Waals surface area contributed by atoms with Gasteiger partial charge in [0.1, 0.15) is 0 Å². The minimum atomic E-state index is -1.16. The van der Waals surface area contributed by atoms with E-state index in [9.17, 15) is 9.59 Å². The standard InChI is InChI=1S/C24H14Cl4N2O4S/c25-14-1-5-16(6-2-14)29-24-30(17-7-3-15(26)4-8-17)23(33)20(35-24)11-13-9-18(27)22(19(28)10-13)34-12-21(31)32/h1-11H,12H2,(H,31,32)/b20-11-,29-24?. The summed E-state index contributed by atoms with van der Waals surface area (Å²) < 4.78 is 5.15. The molecule has 0 spiro atoms. The normalized spacial score (nSPS) is 15.8. The number of amides is 1. The number of carboxylic acid groups (broad SMARTS) is 1. The summed E-state index contributed by atoms with van der Waals surface area (Å²) in [5, 5.41) is 10.6. The van der Waals surface area contributed by atoms with Crippen LogP contribution in [0, 0.1) is 0 Å². The quantitative estimate of drug-likeness (QED) is 0.311. The summed E-state index contributed by atoms with van der Waals surface area (Å²) in [5.74, 6) is -1.41. The highest BCUT2D eigenvalue weighted by Crippen LogP contribution is 2.40. The van der Waals surface area contributed by atoms with E-state index in [-0.39, 0.29) is 21.7 Å². The van der Waals surface area contributed by atoms with Crippen LogP contribution in [0.3, 0.4) is 0 Å². The molecular formula is C24H14Cl4N2O4S. The molecule has 1 aliphatic heterocycles. The van der Waals surface area contributed by atoms with Crippen LogP contribution in [-0.4, -0.2) is 28.8 Å². The first-order valence-electron chi connectivity index (χ1n) is 9.89. The number of carbonyl (C=O) groups excluding carboxylic acids is 1. The predicted octanol–water partition coefficient (Wildman–Crippen LogP) is 7.57. The van der Waals surface area contributed by atoms with Crippen LogP contribution >= 0.6 is 58.2 Å². The van der Waals surface area contributed by atoms with Crippen LogP contribution in [0.1, 0.15) is 5.56 Å². The van der Waals surface area contributed by atoms with Crippen molar-refractivity contribution in [2.45, 2.75) is 0 Å². The average Bonchev–Trinajstić information content (AvgIpc) is 3.09. The molecule has 0 unspecified atom stereocenters. The molecule has 0 radical (unpaired) electrons. The van der Waals surface area contributed by atoms with Crippen molar-refractivity contribution < 1.29 is 19.4 Å². The highest BCUT2D eigenvalue weighted by molar-refractivity contribution is 8.19. The molecule has 4 rings (SSSR count). The number of benzene rings is 3. The Kier molecular flexibility index (Phi) is 7.94. The van der Waals surface area contributed by atoms with Gasteiger partial charge in [-0.2, -0.15) is 0 Å². The number of aliphatic imine (C=N–C) groups is 1. The Balaban J connectivity index is 1.72. The van der Waals surface area contributed by atoms with Gasteiger partial charge in [-0.1, -0.05) is 46.4 Å². The Bertz CT molecular complexity index is 1340. The van der Waals surface area contributed by atoms with Crippen molar-refractivity contribution in [3.63, 3.8) is 0 Å². The number of carbonyl (C=O) groups is 2. The van der Waals surface area contributed by atoms with Gasteiger partial charge in [0.2, 0.25) is 0 Å². The fourth-order valence-corrected chi connectivity index (χ4v) is 4.94. The fourth-order valence-electron chi connectivity index (χ4n) is 3.08. The largest absolute Gasteiger partial charge is 0.479 e. The lowest BCUT2D eigenvalue weighted by Gasteiger charge is -2.15. The van der Waals surface area contributed by atoms with Crippen LogP contribution in [0.4, 0.5) is 11.4 Å². The molecule has 0 aliphatic carbocycles. The minimum Gasteiger partial charge on any atom is -0.479 e. The molecule has 0 saturated carbocycles. The molecular weight excluding hydrogens is 554 g/mol. The Labute approximate surface area is 224 Å². The molecule has 0 atom stereocenters. The average molecular weight is 568 g/mol. The second kappa shape index (κ2) is 10.9. The molecule has 1 amide bonds. The number of anilines is 1. The zero-order valence-electron chi connectivity index (χ0n) is 17.5. The zero-order valence-corrected chi connectivity index (χ0v) is 21.4. The summed E-state index contributed by atoms with van der Waals surface area (Å²) in [4.78, 5) is 30.7. The van der Waals surface area contributed by atoms with Gasteiger partial charge in [0.25, 0.3) is 5.91 Å². The molecule has 1 saturated heterocycles. The van der Waals surface area contributed by atoms with E-state index in [0.717, 1.165) is 0 Å². The number of amidine groups is 1. The van der Waals surface area contributed by atoms with E-state index in [1.165, 1.54) is 28.8 Å². The van der Waals surface area contributed by atoms with E-state index in [1.807, 2.05) is 0 Å². The Morgan fingerprint density at radius 2 is 1.54 bits per heavy atom. The lowest BCUT2D eigenvalue weighted by molar-refractivity contribution is -0.139. The third kappa shape index (κ3) is 6.12. The molecule has 178 valence electrons. The Hall–Kier alpha value is -2.68. The topological polar surface area (TPSA) is 79.2 Å². The second-order valence-corrected chi connectivity index (χ2v) is 9.79. The second-order valence-electron chi connectivity index (χ2n) is 7.09. The molecule has 3 aromatic carbocycles. The Morgan fingerprint density at radius 1 is 0.971 bits per heavy atom. The Morgan fingerprint density at radius 3 is 2.11 bits per heavy atom. The van der Waals surface area contributed by atoms with Crippen molar-refractivity contribution in [1.82, 2.24) is 0 Å². The van der Waals surface area contributed by atoms with Crippen molar-refractivity contribution in [3.05, 3.63) is 91.2 Å². The molecule has 1 heterocycles. The number of halogens is 4. The van der Waals surface area contributed by atoms with Crippen molar-refractivity contribution in [3.8, 4) is 5.75 Å². The van der Waals surface area contributed by atoms with E-state index in [2.05, 4.69) is 4.99 Å². The van der Waals surface area contributed by atoms with Gasteiger partial charge in [-0.25, -0.2) is 9.79 Å². The molecule has 11 heteroatoms. The number of aliphatic carboxylic acids is 1. The van der Waals surface area contributed by atoms with Crippen LogP contribution < -0.4 is 9.64 Å². The number of nitrogens with zero attached hydrogens (tertiary/aromatic N) is 2. The number of carboxylic acids is 1. The molecule has 6 nitrogen and oxygen atoms in total. The van der Waals surface area contributed by atoms with Gasteiger partial charge in [0.15, 0.2) is 17.5 Å². The van der Waals surface area contributed by atoms with Crippen LogP contribution in [0.2, 0.25) is 20.1 Å². The SMILES string of the molecule is O=C(O)COc1c(Cl)cc(/C=C2\SC(=Nc3ccc(Cl)cc3)N(c3ccc(Cl)cc3)C2=O)cc1Cl. The maximum atomic E-state index is 13.4. The van der Waals surface area contributed by atoms with Crippen LogP contribution in [-0.2, 0) is 9.59 Å². The van der Waals surface area contributed by atoms with Gasteiger partial charge in [-0.15, -0.1) is 0 Å². The van der Waals surface area contributed by atoms with Gasteiger partial charge in [-0.05, 0) is 84.1 Å². The van der Waals surface area contributed by atoms with E-state index < -0.39 is 12.6 Å². The van der Waals surface area contributed by atoms with Gasteiger partial charge >= 0.3 is 5.97 Å².